The van der Waals surface area contributed by atoms with Crippen molar-refractivity contribution in [2.24, 2.45) is 0 Å². The number of carbonyl (C=O) groups is 2. The summed E-state index contributed by atoms with van der Waals surface area (Å²) in [6, 6.07) is 11.2. The minimum absolute atomic E-state index is 0.0961. The smallest absolute Gasteiger partial charge is 0.257 e. The number of amides is 2. The molecule has 0 saturated carbocycles. The molecule has 2 aromatic carbocycles. The third-order valence-electron chi connectivity index (χ3n) is 4.59. The molecule has 2 aromatic rings. The predicted molar refractivity (Wildman–Crippen MR) is 97.8 cm³/mol. The Morgan fingerprint density at radius 3 is 2.04 bits per heavy atom. The number of carbonyl (C=O) groups excluding carboxylic acids is 2. The molecule has 2 amide bonds. The summed E-state index contributed by atoms with van der Waals surface area (Å²) in [5.41, 5.74) is 0.759. The fourth-order valence-corrected chi connectivity index (χ4v) is 3.09. The minimum atomic E-state index is -0.576. The van der Waals surface area contributed by atoms with Gasteiger partial charge < -0.3 is 19.3 Å². The van der Waals surface area contributed by atoms with Crippen LogP contribution in [0.3, 0.4) is 0 Å². The summed E-state index contributed by atoms with van der Waals surface area (Å²) in [7, 11) is 2.90. The molecule has 1 heterocycles. The van der Waals surface area contributed by atoms with E-state index in [1.165, 1.54) is 32.4 Å². The zero-order chi connectivity index (χ0) is 19.4. The van der Waals surface area contributed by atoms with Crippen LogP contribution >= 0.6 is 0 Å². The Hall–Kier alpha value is -3.09. The minimum Gasteiger partial charge on any atom is -0.496 e. The van der Waals surface area contributed by atoms with Gasteiger partial charge in [0.15, 0.2) is 11.6 Å². The lowest BCUT2D eigenvalue weighted by atomic mass is 10.1. The average molecular weight is 372 g/mol. The fraction of sp³-hybridized carbons (Fsp3) is 0.300. The highest BCUT2D eigenvalue weighted by atomic mass is 19.1. The van der Waals surface area contributed by atoms with Gasteiger partial charge in [-0.1, -0.05) is 12.1 Å². The Morgan fingerprint density at radius 1 is 0.852 bits per heavy atom. The van der Waals surface area contributed by atoms with E-state index in [9.17, 15) is 14.0 Å². The van der Waals surface area contributed by atoms with Crippen LogP contribution in [0.25, 0.3) is 0 Å². The first-order chi connectivity index (χ1) is 13.0. The van der Waals surface area contributed by atoms with E-state index in [1.54, 1.807) is 34.1 Å². The second-order valence-corrected chi connectivity index (χ2v) is 6.13. The van der Waals surface area contributed by atoms with Crippen molar-refractivity contribution in [2.45, 2.75) is 0 Å². The summed E-state index contributed by atoms with van der Waals surface area (Å²) in [4.78, 5) is 28.6. The molecular weight excluding hydrogens is 351 g/mol. The maximum atomic E-state index is 13.8. The van der Waals surface area contributed by atoms with Gasteiger partial charge >= 0.3 is 0 Å². The second kappa shape index (κ2) is 8.07. The van der Waals surface area contributed by atoms with Crippen molar-refractivity contribution in [1.82, 2.24) is 9.80 Å². The van der Waals surface area contributed by atoms with Crippen LogP contribution < -0.4 is 9.47 Å². The van der Waals surface area contributed by atoms with Crippen LogP contribution in [-0.4, -0.2) is 62.0 Å². The maximum absolute atomic E-state index is 13.8. The molecule has 0 spiro atoms. The van der Waals surface area contributed by atoms with Crippen molar-refractivity contribution in [3.63, 3.8) is 0 Å². The predicted octanol–water partition coefficient (Wildman–Crippen LogP) is 2.44. The lowest BCUT2D eigenvalue weighted by Gasteiger charge is -2.35. The van der Waals surface area contributed by atoms with Crippen LogP contribution in [0.5, 0.6) is 11.5 Å². The number of benzene rings is 2. The van der Waals surface area contributed by atoms with Crippen molar-refractivity contribution in [3.8, 4) is 11.5 Å². The van der Waals surface area contributed by atoms with E-state index < -0.39 is 5.82 Å². The summed E-state index contributed by atoms with van der Waals surface area (Å²) in [5.74, 6) is -0.349. The molecule has 1 aliphatic rings. The van der Waals surface area contributed by atoms with Gasteiger partial charge in [-0.15, -0.1) is 0 Å². The topological polar surface area (TPSA) is 59.1 Å². The van der Waals surface area contributed by atoms with Crippen LogP contribution in [-0.2, 0) is 0 Å². The monoisotopic (exact) mass is 372 g/mol. The van der Waals surface area contributed by atoms with E-state index in [-0.39, 0.29) is 23.1 Å². The lowest BCUT2D eigenvalue weighted by molar-refractivity contribution is 0.0533. The number of rotatable bonds is 4. The number of piperazine rings is 1. The highest BCUT2D eigenvalue weighted by Crippen LogP contribution is 2.22. The molecule has 0 aliphatic carbocycles. The Morgan fingerprint density at radius 2 is 1.44 bits per heavy atom. The van der Waals surface area contributed by atoms with E-state index >= 15 is 0 Å². The van der Waals surface area contributed by atoms with Crippen molar-refractivity contribution >= 4 is 11.8 Å². The Bertz CT molecular complexity index is 848. The molecule has 1 aliphatic heterocycles. The number of halogens is 1. The molecule has 0 bridgehead atoms. The highest BCUT2D eigenvalue weighted by molar-refractivity contribution is 5.97. The lowest BCUT2D eigenvalue weighted by Crippen LogP contribution is -2.50. The Balaban J connectivity index is 1.65. The van der Waals surface area contributed by atoms with Crippen LogP contribution in [0.2, 0.25) is 0 Å². The second-order valence-electron chi connectivity index (χ2n) is 6.13. The van der Waals surface area contributed by atoms with Gasteiger partial charge in [-0.3, -0.25) is 9.59 Å². The van der Waals surface area contributed by atoms with Crippen LogP contribution in [0.4, 0.5) is 4.39 Å². The molecule has 142 valence electrons. The van der Waals surface area contributed by atoms with Crippen LogP contribution in [0.15, 0.2) is 42.5 Å². The largest absolute Gasteiger partial charge is 0.496 e. The molecule has 3 rings (SSSR count). The van der Waals surface area contributed by atoms with Crippen molar-refractivity contribution < 1.29 is 23.5 Å². The number of para-hydroxylation sites is 1. The summed E-state index contributed by atoms with van der Waals surface area (Å²) in [6.07, 6.45) is 0. The summed E-state index contributed by atoms with van der Waals surface area (Å²) in [6.45, 7) is 1.57. The molecule has 0 atom stereocenters. The molecule has 1 saturated heterocycles. The van der Waals surface area contributed by atoms with Gasteiger partial charge in [0.2, 0.25) is 0 Å². The molecule has 0 aromatic heterocycles. The molecule has 0 radical (unpaired) electrons. The van der Waals surface area contributed by atoms with Crippen molar-refractivity contribution in [3.05, 3.63) is 59.4 Å². The van der Waals surface area contributed by atoms with E-state index in [2.05, 4.69) is 0 Å². The molecule has 7 heteroatoms. The van der Waals surface area contributed by atoms with Gasteiger partial charge in [-0.2, -0.15) is 0 Å². The quantitative estimate of drug-likeness (QED) is 0.827. The van der Waals surface area contributed by atoms with E-state index in [1.807, 2.05) is 0 Å². The van der Waals surface area contributed by atoms with Crippen molar-refractivity contribution in [1.29, 1.82) is 0 Å². The number of methoxy groups -OCH3 is 2. The molecule has 6 nitrogen and oxygen atoms in total. The van der Waals surface area contributed by atoms with E-state index in [0.29, 0.717) is 37.5 Å². The van der Waals surface area contributed by atoms with E-state index in [0.717, 1.165) is 0 Å². The van der Waals surface area contributed by atoms with Gasteiger partial charge in [0, 0.05) is 31.7 Å². The van der Waals surface area contributed by atoms with Crippen LogP contribution in [0.1, 0.15) is 20.7 Å². The van der Waals surface area contributed by atoms with Crippen molar-refractivity contribution in [2.75, 3.05) is 40.4 Å². The average Bonchev–Trinajstić information content (AvgIpc) is 2.72. The first-order valence-corrected chi connectivity index (χ1v) is 8.60. The summed E-state index contributed by atoms with van der Waals surface area (Å²) >= 11 is 0. The molecule has 1 fully saturated rings. The molecule has 27 heavy (non-hydrogen) atoms. The number of ether oxygens (including phenoxy) is 2. The van der Waals surface area contributed by atoms with E-state index in [4.69, 9.17) is 9.47 Å². The fourth-order valence-electron chi connectivity index (χ4n) is 3.09. The van der Waals surface area contributed by atoms with Gasteiger partial charge in [-0.05, 0) is 30.3 Å². The number of hydrogen-bond donors (Lipinski definition) is 0. The highest BCUT2D eigenvalue weighted by Gasteiger charge is 2.27. The third kappa shape index (κ3) is 3.86. The third-order valence-corrected chi connectivity index (χ3v) is 4.59. The van der Waals surface area contributed by atoms with Gasteiger partial charge in [0.1, 0.15) is 5.75 Å². The molecular formula is C20H21FN2O4. The molecule has 0 N–H and O–H groups in total. The van der Waals surface area contributed by atoms with Gasteiger partial charge in [-0.25, -0.2) is 4.39 Å². The zero-order valence-electron chi connectivity index (χ0n) is 15.3. The summed E-state index contributed by atoms with van der Waals surface area (Å²) < 4.78 is 24.0. The SMILES string of the molecule is COc1ccc(C(=O)N2CCN(C(=O)c3ccccc3OC)CC2)cc1F. The Kier molecular flexibility index (Phi) is 5.59. The number of nitrogens with zero attached hydrogens (tertiary/aromatic N) is 2. The zero-order valence-corrected chi connectivity index (χ0v) is 15.3. The van der Waals surface area contributed by atoms with Crippen LogP contribution in [0, 0.1) is 5.82 Å². The maximum Gasteiger partial charge on any atom is 0.257 e. The van der Waals surface area contributed by atoms with Gasteiger partial charge in [0.05, 0.1) is 19.8 Å². The number of hydrogen-bond acceptors (Lipinski definition) is 4. The van der Waals surface area contributed by atoms with Gasteiger partial charge in [0.25, 0.3) is 11.8 Å². The normalized spacial score (nSPS) is 14.0. The summed E-state index contributed by atoms with van der Waals surface area (Å²) in [5, 5.41) is 0. The standard InChI is InChI=1S/C20H21FN2O4/c1-26-17-6-4-3-5-15(17)20(25)23-11-9-22(10-12-23)19(24)14-7-8-18(27-2)16(21)13-14/h3-8,13H,9-12H2,1-2H3. The first kappa shape index (κ1) is 18.7. The molecule has 0 unspecified atom stereocenters. The Labute approximate surface area is 157 Å². The first-order valence-electron chi connectivity index (χ1n) is 8.60.